The Bertz CT molecular complexity index is 1800. The lowest BCUT2D eigenvalue weighted by Crippen LogP contribution is -2.71. The third-order valence-electron chi connectivity index (χ3n) is 19.7. The van der Waals surface area contributed by atoms with Crippen LogP contribution < -0.4 is 0 Å². The van der Waals surface area contributed by atoms with Gasteiger partial charge in [0.25, 0.3) is 0 Å². The maximum absolute atomic E-state index is 12.1. The van der Waals surface area contributed by atoms with Crippen molar-refractivity contribution in [3.8, 4) is 0 Å². The molecule has 3 heterocycles. The van der Waals surface area contributed by atoms with Crippen LogP contribution in [-0.4, -0.2) is 205 Å². The molecule has 0 amide bonds. The summed E-state index contributed by atoms with van der Waals surface area (Å²) >= 11 is 0. The Morgan fingerprint density at radius 3 is 1.72 bits per heavy atom. The molecule has 68 heavy (non-hydrogen) atoms. The van der Waals surface area contributed by atoms with Crippen molar-refractivity contribution in [2.45, 2.75) is 210 Å². The minimum atomic E-state index is -1.92. The summed E-state index contributed by atoms with van der Waals surface area (Å²) in [6.07, 6.45) is -18.6. The average Bonchev–Trinajstić information content (AvgIpc) is 3.29. The van der Waals surface area contributed by atoms with E-state index in [4.69, 9.17) is 33.2 Å². The lowest BCUT2D eigenvalue weighted by Gasteiger charge is -2.73. The summed E-state index contributed by atoms with van der Waals surface area (Å²) in [6.45, 7) is 13.6. The Labute approximate surface area is 399 Å². The van der Waals surface area contributed by atoms with Gasteiger partial charge in [0.05, 0.1) is 44.7 Å². The highest BCUT2D eigenvalue weighted by Crippen LogP contribution is 2.76. The summed E-state index contributed by atoms with van der Waals surface area (Å²) in [4.78, 5) is 0. The summed E-state index contributed by atoms with van der Waals surface area (Å²) in [6, 6.07) is 0. The van der Waals surface area contributed by atoms with Gasteiger partial charge in [-0.3, -0.25) is 0 Å². The third-order valence-corrected chi connectivity index (χ3v) is 19.7. The molecule has 7 fully saturated rings. The van der Waals surface area contributed by atoms with E-state index < -0.39 is 140 Å². The third kappa shape index (κ3) is 8.30. The van der Waals surface area contributed by atoms with Crippen LogP contribution in [0.2, 0.25) is 0 Å². The first-order valence-electron chi connectivity index (χ1n) is 24.9. The molecule has 8 rings (SSSR count). The molecule has 19 nitrogen and oxygen atoms in total. The van der Waals surface area contributed by atoms with Crippen molar-refractivity contribution >= 4 is 0 Å². The van der Waals surface area contributed by atoms with E-state index in [2.05, 4.69) is 54.5 Å². The molecule has 0 aromatic heterocycles. The predicted molar refractivity (Wildman–Crippen MR) is 238 cm³/mol. The van der Waals surface area contributed by atoms with Crippen molar-refractivity contribution < 1.29 is 94.4 Å². The Kier molecular flexibility index (Phi) is 14.9. The van der Waals surface area contributed by atoms with E-state index in [0.717, 1.165) is 44.9 Å². The van der Waals surface area contributed by atoms with Gasteiger partial charge < -0.3 is 94.4 Å². The van der Waals surface area contributed by atoms with Gasteiger partial charge >= 0.3 is 0 Å². The largest absolute Gasteiger partial charge is 0.394 e. The molecule has 8 aliphatic rings. The maximum atomic E-state index is 12.1. The van der Waals surface area contributed by atoms with Crippen LogP contribution in [0.3, 0.4) is 0 Å². The van der Waals surface area contributed by atoms with Gasteiger partial charge in [-0.25, -0.2) is 0 Å². The van der Waals surface area contributed by atoms with E-state index in [1.54, 1.807) is 7.11 Å². The zero-order chi connectivity index (χ0) is 49.8. The zero-order valence-electron chi connectivity index (χ0n) is 40.9. The topological polar surface area (TPSA) is 307 Å². The smallest absolute Gasteiger partial charge is 0.187 e. The van der Waals surface area contributed by atoms with Gasteiger partial charge in [-0.2, -0.15) is 0 Å². The van der Waals surface area contributed by atoms with Gasteiger partial charge in [-0.05, 0) is 78.4 Å². The van der Waals surface area contributed by atoms with Crippen molar-refractivity contribution in [3.05, 3.63) is 11.6 Å². The normalized spacial score (nSPS) is 54.4. The van der Waals surface area contributed by atoms with Crippen LogP contribution >= 0.6 is 0 Å². The number of hydrogen-bond donors (Lipinski definition) is 12. The number of aliphatic hydroxyl groups is 12. The van der Waals surface area contributed by atoms with Crippen LogP contribution in [0, 0.1) is 50.2 Å². The van der Waals surface area contributed by atoms with Gasteiger partial charge in [-0.1, -0.05) is 60.1 Å². The summed E-state index contributed by atoms with van der Waals surface area (Å²) < 4.78 is 43.1. The van der Waals surface area contributed by atoms with Crippen LogP contribution in [0.25, 0.3) is 0 Å². The number of ether oxygens (including phenoxy) is 7. The highest BCUT2D eigenvalue weighted by Gasteiger charge is 2.72. The van der Waals surface area contributed by atoms with Gasteiger partial charge in [-0.15, -0.1) is 0 Å². The molecule has 3 saturated heterocycles. The number of methoxy groups -OCH3 is 1. The van der Waals surface area contributed by atoms with Gasteiger partial charge in [0.2, 0.25) is 0 Å². The average molecular weight is 975 g/mol. The van der Waals surface area contributed by atoms with E-state index in [9.17, 15) is 61.3 Å². The molecular weight excluding hydrogens is 893 g/mol. The van der Waals surface area contributed by atoms with E-state index in [1.165, 1.54) is 5.57 Å². The van der Waals surface area contributed by atoms with Gasteiger partial charge in [0.15, 0.2) is 18.9 Å². The second-order valence-electron chi connectivity index (χ2n) is 24.0. The first-order chi connectivity index (χ1) is 31.8. The predicted octanol–water partition coefficient (Wildman–Crippen LogP) is -0.790. The van der Waals surface area contributed by atoms with Crippen molar-refractivity contribution in [3.63, 3.8) is 0 Å². The molecule has 0 aromatic rings. The lowest BCUT2D eigenvalue weighted by molar-refractivity contribution is -0.394. The number of allylic oxidation sites excluding steroid dienone is 1. The molecule has 0 spiro atoms. The van der Waals surface area contributed by atoms with Crippen molar-refractivity contribution in [2.24, 2.45) is 50.2 Å². The summed E-state index contributed by atoms with van der Waals surface area (Å²) in [5.74, 6) is 0.00561. The molecule has 4 saturated carbocycles. The first-order valence-corrected chi connectivity index (χ1v) is 24.9. The quantitative estimate of drug-likeness (QED) is 0.113. The Morgan fingerprint density at radius 1 is 0.603 bits per heavy atom. The minimum Gasteiger partial charge on any atom is -0.394 e. The molecular formula is C49H82O19. The van der Waals surface area contributed by atoms with Crippen LogP contribution in [0.1, 0.15) is 99.8 Å². The second kappa shape index (κ2) is 19.0. The van der Waals surface area contributed by atoms with E-state index in [1.807, 2.05) is 0 Å². The van der Waals surface area contributed by atoms with Gasteiger partial charge in [0, 0.05) is 30.3 Å². The van der Waals surface area contributed by atoms with Crippen LogP contribution in [0.4, 0.5) is 0 Å². The Morgan fingerprint density at radius 2 is 1.13 bits per heavy atom. The lowest BCUT2D eigenvalue weighted by atomic mass is 9.32. The molecule has 0 bridgehead atoms. The molecule has 392 valence electrons. The van der Waals surface area contributed by atoms with E-state index >= 15 is 0 Å². The number of rotatable bonds is 11. The summed E-state index contributed by atoms with van der Waals surface area (Å²) in [7, 11) is 1.74. The Balaban J connectivity index is 1.11. The van der Waals surface area contributed by atoms with E-state index in [-0.39, 0.29) is 46.7 Å². The highest BCUT2D eigenvalue weighted by atomic mass is 16.8. The molecule has 5 aliphatic carbocycles. The molecule has 0 radical (unpaired) electrons. The highest BCUT2D eigenvalue weighted by molar-refractivity contribution is 5.36. The molecule has 19 heteroatoms. The molecule has 25 atom stereocenters. The molecule has 25 unspecified atom stereocenters. The number of fused-ring (bicyclic) bond motifs is 7. The van der Waals surface area contributed by atoms with E-state index in [0.29, 0.717) is 6.42 Å². The van der Waals surface area contributed by atoms with Crippen LogP contribution in [0.15, 0.2) is 11.6 Å². The van der Waals surface area contributed by atoms with Gasteiger partial charge in [0.1, 0.15) is 73.2 Å². The first kappa shape index (κ1) is 53.3. The number of hydrogen-bond acceptors (Lipinski definition) is 19. The fourth-order valence-corrected chi connectivity index (χ4v) is 15.2. The molecule has 12 N–H and O–H groups in total. The van der Waals surface area contributed by atoms with Crippen molar-refractivity contribution in [2.75, 3.05) is 33.5 Å². The fourth-order valence-electron chi connectivity index (χ4n) is 15.2. The second-order valence-corrected chi connectivity index (χ2v) is 24.0. The zero-order valence-corrected chi connectivity index (χ0v) is 40.9. The van der Waals surface area contributed by atoms with Crippen molar-refractivity contribution in [1.29, 1.82) is 0 Å². The van der Waals surface area contributed by atoms with Crippen LogP contribution in [-0.2, 0) is 33.2 Å². The fraction of sp³-hybridized carbons (Fsp3) is 0.959. The minimum absolute atomic E-state index is 0.00690. The summed E-state index contributed by atoms with van der Waals surface area (Å²) in [5.41, 5.74) is -0.772. The van der Waals surface area contributed by atoms with Crippen LogP contribution in [0.5, 0.6) is 0 Å². The Hall–Kier alpha value is -1.02. The SMILES string of the molecule is COC1C=C2C3CC(C)(C)CCC3(COC3OC(CO)C(O)C(O)C3OC3OC(CO)C(O)C(O)C3OC3OC(CO)C(O)C(O)C3O)CCC2(C)C2(C)CCC3C(C)(C)C(O)CC(O)C3(C)C12. The molecule has 3 aliphatic heterocycles. The van der Waals surface area contributed by atoms with Crippen molar-refractivity contribution in [1.82, 2.24) is 0 Å². The maximum Gasteiger partial charge on any atom is 0.187 e. The molecule has 0 aromatic carbocycles. The number of aliphatic hydroxyl groups excluding tert-OH is 12. The monoisotopic (exact) mass is 975 g/mol. The summed E-state index contributed by atoms with van der Waals surface area (Å²) in [5, 5.41) is 131. The standard InChI is InChI=1S/C49H82O19/c1-44(2)11-13-49(14-12-46(5)22(23(49)17-44)15-24(62-8)40-47(46,6)10-9-28-45(3,4)29(53)16-30(54)48(28,40)7)21-63-42-38(35(59)32(56)26(19-51)65-42)68-43-39(36(60)33(57)27(20-52)66-43)67-41-37(61)34(58)31(55)25(18-50)64-41/h15,23-43,50-61H,9-14,16-21H2,1-8H3.